The minimum Gasteiger partial charge on any atom is -0.349 e. The van der Waals surface area contributed by atoms with Crippen LogP contribution in [-0.2, 0) is 0 Å². The van der Waals surface area contributed by atoms with Crippen LogP contribution in [0.3, 0.4) is 0 Å². The van der Waals surface area contributed by atoms with Crippen molar-refractivity contribution in [2.24, 2.45) is 5.92 Å². The SMILES string of the molecule is O=C(NCC(Cl)C1CC1)c1cccc(=O)[nH]1. The van der Waals surface area contributed by atoms with Crippen LogP contribution in [0, 0.1) is 5.92 Å². The molecule has 1 aromatic heterocycles. The van der Waals surface area contributed by atoms with Gasteiger partial charge in [0, 0.05) is 12.6 Å². The zero-order chi connectivity index (χ0) is 11.5. The van der Waals surface area contributed by atoms with E-state index in [2.05, 4.69) is 10.3 Å². The van der Waals surface area contributed by atoms with Crippen LogP contribution < -0.4 is 10.9 Å². The van der Waals surface area contributed by atoms with Crippen LogP contribution in [0.15, 0.2) is 23.0 Å². The first kappa shape index (κ1) is 11.2. The highest BCUT2D eigenvalue weighted by Crippen LogP contribution is 2.35. The number of carbonyl (C=O) groups excluding carboxylic acids is 1. The number of nitrogens with one attached hydrogen (secondary N) is 2. The first-order chi connectivity index (χ1) is 7.66. The van der Waals surface area contributed by atoms with E-state index in [9.17, 15) is 9.59 Å². The predicted molar refractivity (Wildman–Crippen MR) is 61.8 cm³/mol. The number of amides is 1. The molecule has 4 nitrogen and oxygen atoms in total. The molecule has 1 atom stereocenters. The van der Waals surface area contributed by atoms with Gasteiger partial charge in [0.15, 0.2) is 0 Å². The van der Waals surface area contributed by atoms with Gasteiger partial charge in [-0.3, -0.25) is 9.59 Å². The third-order valence-electron chi connectivity index (χ3n) is 2.60. The Morgan fingerprint density at radius 3 is 2.94 bits per heavy atom. The quantitative estimate of drug-likeness (QED) is 0.775. The molecule has 1 fully saturated rings. The van der Waals surface area contributed by atoms with Crippen LogP contribution in [0.2, 0.25) is 0 Å². The fraction of sp³-hybridized carbons (Fsp3) is 0.455. The Morgan fingerprint density at radius 2 is 2.31 bits per heavy atom. The van der Waals surface area contributed by atoms with Crippen LogP contribution in [0.25, 0.3) is 0 Å². The number of aromatic nitrogens is 1. The van der Waals surface area contributed by atoms with E-state index >= 15 is 0 Å². The van der Waals surface area contributed by atoms with E-state index in [4.69, 9.17) is 11.6 Å². The molecule has 1 saturated carbocycles. The second-order valence-corrected chi connectivity index (χ2v) is 4.55. The van der Waals surface area contributed by atoms with Gasteiger partial charge in [-0.15, -0.1) is 11.6 Å². The standard InChI is InChI=1S/C11H13ClN2O2/c12-8(7-4-5-7)6-13-11(16)9-2-1-3-10(15)14-9/h1-3,7-8H,4-6H2,(H,13,16)(H,14,15). The monoisotopic (exact) mass is 240 g/mol. The fourth-order valence-corrected chi connectivity index (χ4v) is 1.82. The molecule has 1 aliphatic rings. The molecule has 0 radical (unpaired) electrons. The second kappa shape index (κ2) is 4.70. The number of aromatic amines is 1. The number of halogens is 1. The summed E-state index contributed by atoms with van der Waals surface area (Å²) < 4.78 is 0. The Morgan fingerprint density at radius 1 is 1.56 bits per heavy atom. The molecule has 16 heavy (non-hydrogen) atoms. The van der Waals surface area contributed by atoms with E-state index in [0.29, 0.717) is 12.5 Å². The zero-order valence-electron chi connectivity index (χ0n) is 8.70. The maximum atomic E-state index is 11.6. The summed E-state index contributed by atoms with van der Waals surface area (Å²) >= 11 is 6.05. The minimum absolute atomic E-state index is 0.000570. The summed E-state index contributed by atoms with van der Waals surface area (Å²) in [7, 11) is 0. The lowest BCUT2D eigenvalue weighted by atomic mass is 10.2. The van der Waals surface area contributed by atoms with Gasteiger partial charge in [-0.2, -0.15) is 0 Å². The third kappa shape index (κ3) is 2.85. The zero-order valence-corrected chi connectivity index (χ0v) is 9.46. The molecule has 0 saturated heterocycles. The van der Waals surface area contributed by atoms with Crippen LogP contribution in [0.5, 0.6) is 0 Å². The summed E-state index contributed by atoms with van der Waals surface area (Å²) in [5.74, 6) is 0.251. The van der Waals surface area contributed by atoms with Crippen molar-refractivity contribution in [3.05, 3.63) is 34.2 Å². The van der Waals surface area contributed by atoms with E-state index < -0.39 is 0 Å². The minimum atomic E-state index is -0.288. The van der Waals surface area contributed by atoms with Crippen molar-refractivity contribution in [3.63, 3.8) is 0 Å². The van der Waals surface area contributed by atoms with Crippen molar-refractivity contribution < 1.29 is 4.79 Å². The second-order valence-electron chi connectivity index (χ2n) is 3.99. The van der Waals surface area contributed by atoms with Crippen LogP contribution in [0.1, 0.15) is 23.3 Å². The van der Waals surface area contributed by atoms with E-state index in [1.165, 1.54) is 6.07 Å². The average Bonchev–Trinajstić information content (AvgIpc) is 3.09. The molecule has 1 heterocycles. The van der Waals surface area contributed by atoms with Gasteiger partial charge in [0.05, 0.1) is 5.38 Å². The molecule has 2 rings (SSSR count). The number of H-pyrrole nitrogens is 1. The van der Waals surface area contributed by atoms with Gasteiger partial charge in [-0.05, 0) is 24.8 Å². The molecular weight excluding hydrogens is 228 g/mol. The fourth-order valence-electron chi connectivity index (χ4n) is 1.49. The summed E-state index contributed by atoms with van der Waals surface area (Å²) in [6, 6.07) is 4.48. The van der Waals surface area contributed by atoms with E-state index in [0.717, 1.165) is 12.8 Å². The highest BCUT2D eigenvalue weighted by Gasteiger charge is 2.29. The topological polar surface area (TPSA) is 62.0 Å². The molecule has 1 aliphatic carbocycles. The van der Waals surface area contributed by atoms with Crippen LogP contribution in [-0.4, -0.2) is 22.8 Å². The first-order valence-electron chi connectivity index (χ1n) is 5.28. The number of alkyl halides is 1. The van der Waals surface area contributed by atoms with Crippen LogP contribution >= 0.6 is 11.6 Å². The van der Waals surface area contributed by atoms with E-state index in [1.807, 2.05) is 0 Å². The summed E-state index contributed by atoms with van der Waals surface area (Å²) in [5, 5.41) is 2.71. The van der Waals surface area contributed by atoms with Gasteiger partial charge in [-0.1, -0.05) is 6.07 Å². The highest BCUT2D eigenvalue weighted by atomic mass is 35.5. The maximum absolute atomic E-state index is 11.6. The Bertz CT molecular complexity index is 440. The van der Waals surface area contributed by atoms with Crippen LogP contribution in [0.4, 0.5) is 0 Å². The lowest BCUT2D eigenvalue weighted by Crippen LogP contribution is -2.32. The van der Waals surface area contributed by atoms with Gasteiger partial charge in [0.2, 0.25) is 5.56 Å². The van der Waals surface area contributed by atoms with Gasteiger partial charge >= 0.3 is 0 Å². The number of hydrogen-bond acceptors (Lipinski definition) is 2. The molecule has 1 amide bonds. The largest absolute Gasteiger partial charge is 0.349 e. The molecule has 5 heteroatoms. The van der Waals surface area contributed by atoms with Gasteiger partial charge < -0.3 is 10.3 Å². The lowest BCUT2D eigenvalue weighted by molar-refractivity contribution is 0.0948. The summed E-state index contributed by atoms with van der Waals surface area (Å²) in [6.45, 7) is 0.446. The van der Waals surface area contributed by atoms with Gasteiger partial charge in [0.25, 0.3) is 5.91 Å². The van der Waals surface area contributed by atoms with Gasteiger partial charge in [0.1, 0.15) is 5.69 Å². The molecule has 1 unspecified atom stereocenters. The van der Waals surface area contributed by atoms with Crippen molar-refractivity contribution in [1.29, 1.82) is 0 Å². The molecule has 0 aliphatic heterocycles. The molecule has 1 aromatic rings. The van der Waals surface area contributed by atoms with E-state index in [-0.39, 0.29) is 22.5 Å². The Kier molecular flexibility index (Phi) is 3.29. The Hall–Kier alpha value is -1.29. The first-order valence-corrected chi connectivity index (χ1v) is 5.72. The number of hydrogen-bond donors (Lipinski definition) is 2. The van der Waals surface area contributed by atoms with Crippen molar-refractivity contribution in [2.75, 3.05) is 6.54 Å². The third-order valence-corrected chi connectivity index (χ3v) is 3.11. The number of rotatable bonds is 4. The van der Waals surface area contributed by atoms with Crippen molar-refractivity contribution in [2.45, 2.75) is 18.2 Å². The Balaban J connectivity index is 1.89. The number of pyridine rings is 1. The molecular formula is C11H13ClN2O2. The maximum Gasteiger partial charge on any atom is 0.267 e. The molecule has 0 aromatic carbocycles. The Labute approximate surface area is 98.0 Å². The molecule has 86 valence electrons. The predicted octanol–water partition coefficient (Wildman–Crippen LogP) is 1.12. The number of carbonyl (C=O) groups is 1. The summed E-state index contributed by atoms with van der Waals surface area (Å²) in [5.41, 5.74) is -0.00979. The molecule has 0 bridgehead atoms. The normalized spacial score (nSPS) is 16.8. The van der Waals surface area contributed by atoms with Crippen molar-refractivity contribution in [3.8, 4) is 0 Å². The van der Waals surface area contributed by atoms with Gasteiger partial charge in [-0.25, -0.2) is 0 Å². The summed E-state index contributed by atoms with van der Waals surface area (Å²) in [4.78, 5) is 25.1. The van der Waals surface area contributed by atoms with Crippen molar-refractivity contribution in [1.82, 2.24) is 10.3 Å². The molecule has 2 N–H and O–H groups in total. The smallest absolute Gasteiger partial charge is 0.267 e. The van der Waals surface area contributed by atoms with E-state index in [1.54, 1.807) is 12.1 Å². The van der Waals surface area contributed by atoms with Crippen molar-refractivity contribution >= 4 is 17.5 Å². The summed E-state index contributed by atoms with van der Waals surface area (Å²) in [6.07, 6.45) is 2.29. The lowest BCUT2D eigenvalue weighted by Gasteiger charge is -2.09. The molecule has 0 spiro atoms. The average molecular weight is 241 g/mol. The highest BCUT2D eigenvalue weighted by molar-refractivity contribution is 6.21.